The van der Waals surface area contributed by atoms with Crippen LogP contribution in [0.1, 0.15) is 75.5 Å². The summed E-state index contributed by atoms with van der Waals surface area (Å²) in [5.41, 5.74) is 0.887. The number of carbonyl (C=O) groups is 3. The van der Waals surface area contributed by atoms with Crippen LogP contribution in [0.3, 0.4) is 0 Å². The van der Waals surface area contributed by atoms with Crippen LogP contribution < -0.4 is 14.2 Å². The number of hydrogen-bond acceptors (Lipinski definition) is 7. The molecule has 0 spiro atoms. The molecule has 0 bridgehead atoms. The van der Waals surface area contributed by atoms with E-state index in [0.717, 1.165) is 0 Å². The smallest absolute Gasteiger partial charge is 0.316 e. The topological polar surface area (TPSA) is 88.1 Å². The molecular formula is C34H42O7. The van der Waals surface area contributed by atoms with Gasteiger partial charge in [-0.15, -0.1) is 13.2 Å². The number of ketones is 1. The highest BCUT2D eigenvalue weighted by Gasteiger charge is 2.28. The van der Waals surface area contributed by atoms with Crippen molar-refractivity contribution < 1.29 is 33.3 Å². The highest BCUT2D eigenvalue weighted by Crippen LogP contribution is 2.40. The number of methoxy groups -OCH3 is 1. The van der Waals surface area contributed by atoms with Crippen molar-refractivity contribution in [3.8, 4) is 17.2 Å². The molecule has 0 aliphatic rings. The summed E-state index contributed by atoms with van der Waals surface area (Å²) in [6.45, 7) is 20.6. The summed E-state index contributed by atoms with van der Waals surface area (Å²) in [5, 5.41) is 0. The van der Waals surface area contributed by atoms with E-state index in [1.807, 2.05) is 13.0 Å². The Balaban J connectivity index is 2.63. The molecule has 41 heavy (non-hydrogen) atoms. The molecule has 0 saturated heterocycles. The predicted molar refractivity (Wildman–Crippen MR) is 161 cm³/mol. The van der Waals surface area contributed by atoms with Gasteiger partial charge in [0.05, 0.1) is 24.5 Å². The molecule has 220 valence electrons. The molecule has 0 saturated carbocycles. The van der Waals surface area contributed by atoms with Crippen LogP contribution >= 0.6 is 0 Å². The van der Waals surface area contributed by atoms with Crippen LogP contribution in [0.15, 0.2) is 61.4 Å². The first kappa shape index (κ1) is 33.1. The fourth-order valence-electron chi connectivity index (χ4n) is 3.66. The number of ether oxygens (including phenoxy) is 4. The van der Waals surface area contributed by atoms with Crippen LogP contribution in [0.2, 0.25) is 0 Å². The fraction of sp³-hybridized carbons (Fsp3) is 0.382. The van der Waals surface area contributed by atoms with Crippen molar-refractivity contribution in [3.63, 3.8) is 0 Å². The van der Waals surface area contributed by atoms with Gasteiger partial charge in [0, 0.05) is 16.7 Å². The first-order chi connectivity index (χ1) is 19.2. The van der Waals surface area contributed by atoms with Gasteiger partial charge in [0.15, 0.2) is 5.76 Å². The average Bonchev–Trinajstić information content (AvgIpc) is 2.89. The Bertz CT molecular complexity index is 1320. The SMILES string of the molecule is C=CCc1cc(C=C(OC)C(=O)c2ccc(OC(=O)C(C)(C)C)cc2)c(OCC)c(CC=C)c1OC(=O)C(C)(C)C. The van der Waals surface area contributed by atoms with Crippen molar-refractivity contribution in [3.05, 3.63) is 83.7 Å². The van der Waals surface area contributed by atoms with E-state index in [9.17, 15) is 14.4 Å². The van der Waals surface area contributed by atoms with Gasteiger partial charge in [-0.1, -0.05) is 12.2 Å². The van der Waals surface area contributed by atoms with Crippen molar-refractivity contribution in [2.24, 2.45) is 10.8 Å². The Morgan fingerprint density at radius 3 is 1.88 bits per heavy atom. The zero-order valence-electron chi connectivity index (χ0n) is 25.5. The molecule has 7 nitrogen and oxygen atoms in total. The van der Waals surface area contributed by atoms with E-state index in [0.29, 0.717) is 59.0 Å². The maximum Gasteiger partial charge on any atom is 0.316 e. The Kier molecular flexibility index (Phi) is 11.3. The fourth-order valence-corrected chi connectivity index (χ4v) is 3.66. The Hall–Kier alpha value is -4.13. The minimum atomic E-state index is -0.725. The molecule has 0 aromatic heterocycles. The molecule has 0 fully saturated rings. The van der Waals surface area contributed by atoms with Crippen LogP contribution in [0.5, 0.6) is 17.2 Å². The highest BCUT2D eigenvalue weighted by atomic mass is 16.5. The number of esters is 2. The zero-order chi connectivity index (χ0) is 31.0. The van der Waals surface area contributed by atoms with Crippen molar-refractivity contribution in [1.82, 2.24) is 0 Å². The third-order valence-corrected chi connectivity index (χ3v) is 5.91. The van der Waals surface area contributed by atoms with Crippen molar-refractivity contribution in [2.45, 2.75) is 61.3 Å². The van der Waals surface area contributed by atoms with E-state index >= 15 is 0 Å². The molecule has 0 amide bonds. The lowest BCUT2D eigenvalue weighted by Gasteiger charge is -2.23. The standard InChI is InChI=1S/C34H42O7/c1-11-14-23-20-24(29(39-13-3)26(15-12-2)30(23)41-32(37)34(7,8)9)21-27(38-10)28(35)22-16-18-25(19-17-22)40-31(36)33(4,5)6/h11-12,16-21H,1-2,13-15H2,3-10H3. The molecule has 0 unspecified atom stereocenters. The van der Waals surface area contributed by atoms with E-state index < -0.39 is 10.8 Å². The summed E-state index contributed by atoms with van der Waals surface area (Å²) in [5.74, 6) is 0.135. The van der Waals surface area contributed by atoms with Crippen LogP contribution in [-0.2, 0) is 27.2 Å². The van der Waals surface area contributed by atoms with Crippen LogP contribution in [-0.4, -0.2) is 31.4 Å². The third-order valence-electron chi connectivity index (χ3n) is 5.91. The second-order valence-electron chi connectivity index (χ2n) is 11.5. The van der Waals surface area contributed by atoms with E-state index in [1.165, 1.54) is 7.11 Å². The lowest BCUT2D eigenvalue weighted by atomic mass is 9.95. The first-order valence-electron chi connectivity index (χ1n) is 13.6. The van der Waals surface area contributed by atoms with Crippen molar-refractivity contribution in [2.75, 3.05) is 13.7 Å². The molecule has 2 aromatic rings. The normalized spacial score (nSPS) is 11.9. The lowest BCUT2D eigenvalue weighted by Crippen LogP contribution is -2.26. The van der Waals surface area contributed by atoms with Gasteiger partial charge in [-0.05, 0) is 103 Å². The van der Waals surface area contributed by atoms with Crippen LogP contribution in [0.4, 0.5) is 0 Å². The quantitative estimate of drug-likeness (QED) is 0.0669. The molecule has 0 atom stereocenters. The Morgan fingerprint density at radius 1 is 0.829 bits per heavy atom. The molecule has 0 radical (unpaired) electrons. The summed E-state index contributed by atoms with van der Waals surface area (Å²) in [6.07, 6.45) is 5.79. The summed E-state index contributed by atoms with van der Waals surface area (Å²) < 4.78 is 22.9. The van der Waals surface area contributed by atoms with Gasteiger partial charge >= 0.3 is 11.9 Å². The predicted octanol–water partition coefficient (Wildman–Crippen LogP) is 7.32. The summed E-state index contributed by atoms with van der Waals surface area (Å²) in [7, 11) is 1.42. The van der Waals surface area contributed by atoms with Gasteiger partial charge in [-0.3, -0.25) is 14.4 Å². The minimum Gasteiger partial charge on any atom is -0.493 e. The minimum absolute atomic E-state index is 0.0685. The maximum atomic E-state index is 13.4. The van der Waals surface area contributed by atoms with Crippen molar-refractivity contribution >= 4 is 23.8 Å². The van der Waals surface area contributed by atoms with Crippen LogP contribution in [0.25, 0.3) is 6.08 Å². The largest absolute Gasteiger partial charge is 0.493 e. The second-order valence-corrected chi connectivity index (χ2v) is 11.5. The van der Waals surface area contributed by atoms with E-state index in [4.69, 9.17) is 18.9 Å². The number of allylic oxidation sites excluding steroid dienone is 3. The summed E-state index contributed by atoms with van der Waals surface area (Å²) in [4.78, 5) is 38.5. The van der Waals surface area contributed by atoms with E-state index in [-0.39, 0.29) is 23.5 Å². The third kappa shape index (κ3) is 8.68. The number of hydrogen-bond donors (Lipinski definition) is 0. The molecular weight excluding hydrogens is 520 g/mol. The van der Waals surface area contributed by atoms with Gasteiger partial charge in [0.1, 0.15) is 17.2 Å². The van der Waals surface area contributed by atoms with E-state index in [1.54, 1.807) is 84.0 Å². The van der Waals surface area contributed by atoms with Crippen LogP contribution in [0, 0.1) is 10.8 Å². The molecule has 0 aliphatic heterocycles. The zero-order valence-corrected chi connectivity index (χ0v) is 25.5. The number of benzene rings is 2. The number of Topliss-reactive ketones (excluding diaryl/α,β-unsaturated/α-hetero) is 1. The van der Waals surface area contributed by atoms with Gasteiger partial charge in [0.25, 0.3) is 0 Å². The Labute approximate surface area is 243 Å². The monoisotopic (exact) mass is 562 g/mol. The Morgan fingerprint density at radius 2 is 1.39 bits per heavy atom. The first-order valence-corrected chi connectivity index (χ1v) is 13.6. The molecule has 0 heterocycles. The molecule has 7 heteroatoms. The van der Waals surface area contributed by atoms with E-state index in [2.05, 4.69) is 13.2 Å². The lowest BCUT2D eigenvalue weighted by molar-refractivity contribution is -0.143. The molecule has 0 aliphatic carbocycles. The maximum absolute atomic E-state index is 13.4. The highest BCUT2D eigenvalue weighted by molar-refractivity contribution is 6.10. The van der Waals surface area contributed by atoms with Crippen molar-refractivity contribution in [1.29, 1.82) is 0 Å². The van der Waals surface area contributed by atoms with Gasteiger partial charge in [0.2, 0.25) is 5.78 Å². The summed E-state index contributed by atoms with van der Waals surface area (Å²) >= 11 is 0. The molecule has 2 rings (SSSR count). The van der Waals surface area contributed by atoms with Gasteiger partial charge < -0.3 is 18.9 Å². The van der Waals surface area contributed by atoms with Gasteiger partial charge in [-0.2, -0.15) is 0 Å². The molecule has 2 aromatic carbocycles. The average molecular weight is 563 g/mol. The number of carbonyl (C=O) groups excluding carboxylic acids is 3. The number of rotatable bonds is 12. The van der Waals surface area contributed by atoms with Gasteiger partial charge in [-0.25, -0.2) is 0 Å². The molecule has 0 N–H and O–H groups in total. The summed E-state index contributed by atoms with van der Waals surface area (Å²) in [6, 6.07) is 8.10. The second kappa shape index (κ2) is 14.0.